The quantitative estimate of drug-likeness (QED) is 0.759. The van der Waals surface area contributed by atoms with Crippen LogP contribution >= 0.6 is 0 Å². The van der Waals surface area contributed by atoms with Gasteiger partial charge in [0.25, 0.3) is 0 Å². The Hall–Kier alpha value is -3.24. The summed E-state index contributed by atoms with van der Waals surface area (Å²) >= 11 is 0. The lowest BCUT2D eigenvalue weighted by Crippen LogP contribution is -2.10. The molecule has 3 aromatic rings. The van der Waals surface area contributed by atoms with Crippen LogP contribution in [0.25, 0.3) is 5.65 Å². The lowest BCUT2D eigenvalue weighted by Gasteiger charge is -2.08. The first kappa shape index (κ1) is 14.7. The topological polar surface area (TPSA) is 105 Å². The van der Waals surface area contributed by atoms with E-state index in [0.29, 0.717) is 0 Å². The van der Waals surface area contributed by atoms with Crippen molar-refractivity contribution in [3.63, 3.8) is 0 Å². The summed E-state index contributed by atoms with van der Waals surface area (Å²) in [5.41, 5.74) is -1.21. The number of carbonyl (C=O) groups is 1. The van der Waals surface area contributed by atoms with Crippen LogP contribution in [0.15, 0.2) is 30.7 Å². The molecule has 0 radical (unpaired) electrons. The minimum Gasteiger partial charge on any atom is -0.477 e. The maximum Gasteiger partial charge on any atom is 0.433 e. The smallest absolute Gasteiger partial charge is 0.433 e. The fourth-order valence-electron chi connectivity index (χ4n) is 1.78. The van der Waals surface area contributed by atoms with E-state index in [1.807, 2.05) is 0 Å². The molecule has 0 unspecified atom stereocenters. The van der Waals surface area contributed by atoms with Gasteiger partial charge >= 0.3 is 12.1 Å². The van der Waals surface area contributed by atoms with Crippen molar-refractivity contribution < 1.29 is 23.1 Å². The lowest BCUT2D eigenvalue weighted by molar-refractivity contribution is -0.141. The van der Waals surface area contributed by atoms with Crippen molar-refractivity contribution >= 4 is 23.4 Å². The highest BCUT2D eigenvalue weighted by Gasteiger charge is 2.32. The molecule has 0 aliphatic carbocycles. The predicted molar refractivity (Wildman–Crippen MR) is 70.3 cm³/mol. The van der Waals surface area contributed by atoms with Gasteiger partial charge in [0.1, 0.15) is 17.1 Å². The summed E-state index contributed by atoms with van der Waals surface area (Å²) in [4.78, 5) is 22.0. The van der Waals surface area contributed by atoms with Crippen molar-refractivity contribution in [3.8, 4) is 0 Å². The van der Waals surface area contributed by atoms with Crippen LogP contribution in [0.2, 0.25) is 0 Å². The van der Waals surface area contributed by atoms with Gasteiger partial charge in [-0.1, -0.05) is 0 Å². The van der Waals surface area contributed by atoms with Crippen molar-refractivity contribution in [2.75, 3.05) is 5.32 Å². The van der Waals surface area contributed by atoms with Gasteiger partial charge < -0.3 is 10.4 Å². The molecule has 0 saturated carbocycles. The monoisotopic (exact) mass is 324 g/mol. The minimum absolute atomic E-state index is 0.0366. The molecule has 0 aliphatic heterocycles. The number of alkyl halides is 3. The van der Waals surface area contributed by atoms with E-state index in [4.69, 9.17) is 5.11 Å². The fraction of sp³-hybridized carbons (Fsp3) is 0.0833. The highest BCUT2D eigenvalue weighted by Crippen LogP contribution is 2.27. The van der Waals surface area contributed by atoms with Crippen molar-refractivity contribution in [1.82, 2.24) is 24.6 Å². The zero-order chi connectivity index (χ0) is 16.6. The van der Waals surface area contributed by atoms with Gasteiger partial charge in [-0.15, -0.1) is 0 Å². The second kappa shape index (κ2) is 5.19. The van der Waals surface area contributed by atoms with E-state index in [9.17, 15) is 18.0 Å². The standard InChI is InChI=1S/C12H7F3N6O2/c13-12(14,15)7-1-3-16-11(18-7)20-8-2-4-21-9(19-8)6(5-17-21)10(22)23/h1-5H,(H,22,23)(H,16,18,19,20). The molecule has 3 heterocycles. The van der Waals surface area contributed by atoms with Crippen molar-refractivity contribution in [3.05, 3.63) is 42.0 Å². The molecule has 0 saturated heterocycles. The number of fused-ring (bicyclic) bond motifs is 1. The SMILES string of the molecule is O=C(O)c1cnn2ccc(Nc3nccc(C(F)(F)F)n3)nc12. The maximum absolute atomic E-state index is 12.6. The summed E-state index contributed by atoms with van der Waals surface area (Å²) in [5, 5.41) is 15.3. The number of nitrogens with one attached hydrogen (secondary N) is 1. The lowest BCUT2D eigenvalue weighted by atomic mass is 10.3. The molecule has 11 heteroatoms. The third-order valence-electron chi connectivity index (χ3n) is 2.79. The third kappa shape index (κ3) is 2.88. The van der Waals surface area contributed by atoms with Crippen LogP contribution in [0.5, 0.6) is 0 Å². The Balaban J connectivity index is 1.95. The molecular weight excluding hydrogens is 317 g/mol. The zero-order valence-electron chi connectivity index (χ0n) is 11.1. The summed E-state index contributed by atoms with van der Waals surface area (Å²) in [7, 11) is 0. The Morgan fingerprint density at radius 1 is 1.26 bits per heavy atom. The van der Waals surface area contributed by atoms with Crippen LogP contribution in [-0.4, -0.2) is 35.6 Å². The highest BCUT2D eigenvalue weighted by molar-refractivity contribution is 5.94. The number of nitrogens with zero attached hydrogens (tertiary/aromatic N) is 5. The molecule has 118 valence electrons. The molecule has 0 aliphatic rings. The first-order chi connectivity index (χ1) is 10.8. The molecule has 8 nitrogen and oxygen atoms in total. The normalized spacial score (nSPS) is 11.6. The van der Waals surface area contributed by atoms with E-state index in [1.165, 1.54) is 16.8 Å². The summed E-state index contributed by atoms with van der Waals surface area (Å²) in [6.45, 7) is 0. The second-order valence-electron chi connectivity index (χ2n) is 4.33. The van der Waals surface area contributed by atoms with Crippen LogP contribution in [0, 0.1) is 0 Å². The van der Waals surface area contributed by atoms with Gasteiger partial charge in [0.15, 0.2) is 5.65 Å². The molecule has 3 rings (SSSR count). The van der Waals surface area contributed by atoms with Crippen LogP contribution in [0.4, 0.5) is 24.9 Å². The number of rotatable bonds is 3. The van der Waals surface area contributed by atoms with Gasteiger partial charge in [-0.2, -0.15) is 18.3 Å². The first-order valence-electron chi connectivity index (χ1n) is 6.09. The van der Waals surface area contributed by atoms with Crippen molar-refractivity contribution in [2.45, 2.75) is 6.18 Å². The van der Waals surface area contributed by atoms with Gasteiger partial charge in [-0.3, -0.25) is 0 Å². The van der Waals surface area contributed by atoms with E-state index in [0.717, 1.165) is 18.5 Å². The number of halogens is 3. The Morgan fingerprint density at radius 3 is 2.74 bits per heavy atom. The van der Waals surface area contributed by atoms with Crippen LogP contribution in [-0.2, 0) is 6.18 Å². The molecule has 3 aromatic heterocycles. The number of aromatic carboxylic acids is 1. The maximum atomic E-state index is 12.6. The molecule has 0 atom stereocenters. The molecule has 0 spiro atoms. The van der Waals surface area contributed by atoms with Gasteiger partial charge in [0, 0.05) is 12.4 Å². The van der Waals surface area contributed by atoms with E-state index in [2.05, 4.69) is 25.4 Å². The number of hydrogen-bond donors (Lipinski definition) is 2. The van der Waals surface area contributed by atoms with Crippen molar-refractivity contribution in [1.29, 1.82) is 0 Å². The average Bonchev–Trinajstić information content (AvgIpc) is 2.90. The second-order valence-corrected chi connectivity index (χ2v) is 4.33. The predicted octanol–water partition coefficient (Wildman–Crippen LogP) is 1.98. The largest absolute Gasteiger partial charge is 0.477 e. The number of carboxylic acid groups (broad SMARTS) is 1. The van der Waals surface area contributed by atoms with E-state index in [1.54, 1.807) is 0 Å². The van der Waals surface area contributed by atoms with Gasteiger partial charge in [-0.25, -0.2) is 24.3 Å². The van der Waals surface area contributed by atoms with Crippen LogP contribution in [0.1, 0.15) is 16.1 Å². The first-order valence-corrected chi connectivity index (χ1v) is 6.09. The van der Waals surface area contributed by atoms with Gasteiger partial charge in [0.05, 0.1) is 6.20 Å². The molecule has 0 aromatic carbocycles. The van der Waals surface area contributed by atoms with Crippen LogP contribution < -0.4 is 5.32 Å². The van der Waals surface area contributed by atoms with Gasteiger partial charge in [0.2, 0.25) is 5.95 Å². The summed E-state index contributed by atoms with van der Waals surface area (Å²) in [6, 6.07) is 2.14. The summed E-state index contributed by atoms with van der Waals surface area (Å²) in [5.74, 6) is -1.45. The van der Waals surface area contributed by atoms with E-state index >= 15 is 0 Å². The fourth-order valence-corrected chi connectivity index (χ4v) is 1.78. The number of carboxylic acids is 1. The molecule has 0 amide bonds. The summed E-state index contributed by atoms with van der Waals surface area (Å²) in [6.07, 6.45) is -1.11. The van der Waals surface area contributed by atoms with Crippen molar-refractivity contribution in [2.24, 2.45) is 0 Å². The minimum atomic E-state index is -4.60. The third-order valence-corrected chi connectivity index (χ3v) is 2.79. The molecule has 0 fully saturated rings. The molecular formula is C12H7F3N6O2. The Labute approximate surface area is 125 Å². The Bertz CT molecular complexity index is 892. The Kier molecular flexibility index (Phi) is 3.32. The zero-order valence-corrected chi connectivity index (χ0v) is 11.1. The van der Waals surface area contributed by atoms with E-state index in [-0.39, 0.29) is 23.0 Å². The summed E-state index contributed by atoms with van der Waals surface area (Å²) < 4.78 is 39.0. The molecule has 2 N–H and O–H groups in total. The molecule has 23 heavy (non-hydrogen) atoms. The number of hydrogen-bond acceptors (Lipinski definition) is 6. The van der Waals surface area contributed by atoms with Crippen LogP contribution in [0.3, 0.4) is 0 Å². The number of anilines is 2. The van der Waals surface area contributed by atoms with E-state index < -0.39 is 17.8 Å². The number of aromatic nitrogens is 5. The Morgan fingerprint density at radius 2 is 2.04 bits per heavy atom. The molecule has 0 bridgehead atoms. The van der Waals surface area contributed by atoms with Gasteiger partial charge in [-0.05, 0) is 12.1 Å². The average molecular weight is 324 g/mol. The highest BCUT2D eigenvalue weighted by atomic mass is 19.4.